The standard InChI is InChI=1S/C18H17NO4/c1-19-8-16-6-9-2-3-10(20)13-12(9)17(7-16)14(23-13)11(21)4-5-18(17,22)15(16)19/h2-5,14-15,20,22H,6-8H2,1H3/t14-,15+,16?,17-,18+/m0/s1. The molecule has 5 heteroatoms. The number of carbonyl (C=O) groups is 1. The molecule has 0 aromatic heterocycles. The molecule has 3 aliphatic carbocycles. The summed E-state index contributed by atoms with van der Waals surface area (Å²) >= 11 is 0. The van der Waals surface area contributed by atoms with Crippen LogP contribution in [-0.2, 0) is 16.6 Å². The van der Waals surface area contributed by atoms with Gasteiger partial charge in [-0.1, -0.05) is 6.07 Å². The SMILES string of the molecule is CN1CC23Cc4ccc(O)c5c4[C@@]4(C2)[C@@H](O5)C(=O)C=C[C@@]4(O)[C@H]13. The number of rotatable bonds is 0. The van der Waals surface area contributed by atoms with Crippen molar-refractivity contribution in [3.8, 4) is 11.5 Å². The number of benzene rings is 1. The van der Waals surface area contributed by atoms with Gasteiger partial charge in [-0.25, -0.2) is 0 Å². The Hall–Kier alpha value is -1.85. The van der Waals surface area contributed by atoms with Crippen LogP contribution < -0.4 is 4.74 Å². The predicted octanol–water partition coefficient (Wildman–Crippen LogP) is 0.521. The average Bonchev–Trinajstić information content (AvgIpc) is 2.91. The van der Waals surface area contributed by atoms with Crippen molar-refractivity contribution in [2.45, 2.75) is 36.0 Å². The maximum atomic E-state index is 12.6. The van der Waals surface area contributed by atoms with Gasteiger partial charge in [0.05, 0.1) is 5.41 Å². The lowest BCUT2D eigenvalue weighted by Crippen LogP contribution is -2.69. The number of aromatic hydroxyl groups is 1. The van der Waals surface area contributed by atoms with Crippen LogP contribution in [0.2, 0.25) is 0 Å². The molecule has 2 N–H and O–H groups in total. The van der Waals surface area contributed by atoms with E-state index in [9.17, 15) is 15.0 Å². The van der Waals surface area contributed by atoms with Crippen molar-refractivity contribution in [1.82, 2.24) is 4.90 Å². The molecule has 23 heavy (non-hydrogen) atoms. The van der Waals surface area contributed by atoms with E-state index < -0.39 is 17.1 Å². The second kappa shape index (κ2) is 3.19. The van der Waals surface area contributed by atoms with Crippen molar-refractivity contribution in [3.63, 3.8) is 0 Å². The van der Waals surface area contributed by atoms with Gasteiger partial charge in [0.2, 0.25) is 0 Å². The van der Waals surface area contributed by atoms with Crippen LogP contribution in [0.1, 0.15) is 17.5 Å². The Labute approximate surface area is 133 Å². The number of likely N-dealkylation sites (tertiary alicyclic amines) is 1. The number of ketones is 1. The lowest BCUT2D eigenvalue weighted by molar-refractivity contribution is -0.137. The molecule has 1 aromatic carbocycles. The second-order valence-corrected chi connectivity index (χ2v) is 8.01. The lowest BCUT2D eigenvalue weighted by atomic mass is 9.59. The molecule has 1 aromatic rings. The van der Waals surface area contributed by atoms with Crippen LogP contribution in [0.25, 0.3) is 0 Å². The average molecular weight is 311 g/mol. The first-order valence-electron chi connectivity index (χ1n) is 8.11. The summed E-state index contributed by atoms with van der Waals surface area (Å²) in [6.45, 7) is 0.923. The van der Waals surface area contributed by atoms with Gasteiger partial charge in [0.15, 0.2) is 23.4 Å². The number of carbonyl (C=O) groups excluding carboxylic acids is 1. The quantitative estimate of drug-likeness (QED) is 0.731. The minimum Gasteiger partial charge on any atom is -0.504 e. The van der Waals surface area contributed by atoms with Gasteiger partial charge >= 0.3 is 0 Å². The van der Waals surface area contributed by atoms with E-state index in [0.717, 1.165) is 30.5 Å². The van der Waals surface area contributed by atoms with E-state index in [1.54, 1.807) is 12.1 Å². The Morgan fingerprint density at radius 2 is 2.22 bits per heavy atom. The zero-order valence-corrected chi connectivity index (χ0v) is 12.7. The van der Waals surface area contributed by atoms with Crippen LogP contribution in [0.3, 0.4) is 0 Å². The summed E-state index contributed by atoms with van der Waals surface area (Å²) in [5, 5.41) is 22.0. The van der Waals surface area contributed by atoms with Crippen molar-refractivity contribution in [3.05, 3.63) is 35.4 Å². The molecule has 2 heterocycles. The van der Waals surface area contributed by atoms with Crippen LogP contribution in [0.5, 0.6) is 11.5 Å². The first-order chi connectivity index (χ1) is 10.9. The summed E-state index contributed by atoms with van der Waals surface area (Å²) in [7, 11) is 2.03. The molecule has 0 radical (unpaired) electrons. The number of phenols is 1. The van der Waals surface area contributed by atoms with E-state index >= 15 is 0 Å². The molecule has 2 spiro atoms. The fraction of sp³-hybridized carbons (Fsp3) is 0.500. The Bertz CT molecular complexity index is 848. The molecule has 1 saturated heterocycles. The molecule has 2 bridgehead atoms. The maximum absolute atomic E-state index is 12.6. The highest BCUT2D eigenvalue weighted by Crippen LogP contribution is 2.73. The Morgan fingerprint density at radius 3 is 3.00 bits per heavy atom. The van der Waals surface area contributed by atoms with Crippen LogP contribution >= 0.6 is 0 Å². The molecule has 2 aliphatic heterocycles. The highest BCUT2D eigenvalue weighted by molar-refractivity contribution is 5.99. The molecule has 118 valence electrons. The molecule has 5 aliphatic rings. The molecule has 1 unspecified atom stereocenters. The fourth-order valence-electron chi connectivity index (χ4n) is 6.67. The van der Waals surface area contributed by atoms with Crippen LogP contribution in [0.15, 0.2) is 24.3 Å². The number of likely N-dealkylation sites (N-methyl/N-ethyl adjacent to an activating group) is 1. The predicted molar refractivity (Wildman–Crippen MR) is 80.5 cm³/mol. The van der Waals surface area contributed by atoms with Crippen molar-refractivity contribution in [2.24, 2.45) is 5.41 Å². The Kier molecular flexibility index (Phi) is 1.74. The van der Waals surface area contributed by atoms with Gasteiger partial charge in [0.1, 0.15) is 5.60 Å². The number of phenolic OH excluding ortho intramolecular Hbond substituents is 1. The monoisotopic (exact) mass is 311 g/mol. The van der Waals surface area contributed by atoms with Crippen LogP contribution in [0.4, 0.5) is 0 Å². The number of aliphatic hydroxyl groups is 1. The normalized spacial score (nSPS) is 47.8. The van der Waals surface area contributed by atoms with E-state index in [1.807, 2.05) is 13.1 Å². The number of hydrogen-bond donors (Lipinski definition) is 2. The molecular formula is C18H17NO4. The van der Waals surface area contributed by atoms with E-state index in [0.29, 0.717) is 5.75 Å². The van der Waals surface area contributed by atoms with Crippen molar-refractivity contribution >= 4 is 5.78 Å². The summed E-state index contributed by atoms with van der Waals surface area (Å²) in [5.74, 6) is 0.352. The van der Waals surface area contributed by atoms with E-state index in [2.05, 4.69) is 4.90 Å². The van der Waals surface area contributed by atoms with Gasteiger partial charge in [0, 0.05) is 23.6 Å². The van der Waals surface area contributed by atoms with Gasteiger partial charge < -0.3 is 14.9 Å². The van der Waals surface area contributed by atoms with Crippen molar-refractivity contribution in [1.29, 1.82) is 0 Å². The zero-order chi connectivity index (χ0) is 15.8. The van der Waals surface area contributed by atoms with Gasteiger partial charge in [-0.05, 0) is 43.7 Å². The highest BCUT2D eigenvalue weighted by atomic mass is 16.5. The largest absolute Gasteiger partial charge is 0.504 e. The van der Waals surface area contributed by atoms with Crippen LogP contribution in [0, 0.1) is 5.41 Å². The smallest absolute Gasteiger partial charge is 0.196 e. The first kappa shape index (κ1) is 12.6. The van der Waals surface area contributed by atoms with Crippen LogP contribution in [-0.4, -0.2) is 52.2 Å². The molecule has 5 nitrogen and oxygen atoms in total. The summed E-state index contributed by atoms with van der Waals surface area (Å²) in [4.78, 5) is 14.7. The highest BCUT2D eigenvalue weighted by Gasteiger charge is 2.82. The summed E-state index contributed by atoms with van der Waals surface area (Å²) in [6, 6.07) is 3.58. The summed E-state index contributed by atoms with van der Waals surface area (Å²) < 4.78 is 5.96. The lowest BCUT2D eigenvalue weighted by Gasteiger charge is -2.56. The second-order valence-electron chi connectivity index (χ2n) is 8.01. The summed E-state index contributed by atoms with van der Waals surface area (Å²) in [5.41, 5.74) is 0.101. The molecule has 1 saturated carbocycles. The topological polar surface area (TPSA) is 70.0 Å². The van der Waals surface area contributed by atoms with Gasteiger partial charge in [0.25, 0.3) is 0 Å². The minimum atomic E-state index is -1.12. The number of ether oxygens (including phenoxy) is 1. The van der Waals surface area contributed by atoms with E-state index in [4.69, 9.17) is 4.74 Å². The van der Waals surface area contributed by atoms with Gasteiger partial charge in [-0.2, -0.15) is 0 Å². The van der Waals surface area contributed by atoms with E-state index in [1.165, 1.54) is 6.08 Å². The third-order valence-electron chi connectivity index (χ3n) is 7.00. The third kappa shape index (κ3) is 0.984. The first-order valence-corrected chi connectivity index (χ1v) is 8.11. The van der Waals surface area contributed by atoms with Crippen molar-refractivity contribution in [2.75, 3.05) is 13.6 Å². The maximum Gasteiger partial charge on any atom is 0.196 e. The molecular weight excluding hydrogens is 294 g/mol. The molecule has 0 amide bonds. The fourth-order valence-corrected chi connectivity index (χ4v) is 6.67. The number of hydrogen-bond acceptors (Lipinski definition) is 5. The molecule has 6 rings (SSSR count). The van der Waals surface area contributed by atoms with Crippen molar-refractivity contribution < 1.29 is 19.7 Å². The molecule has 5 atom stereocenters. The number of fused-ring (bicyclic) bond motifs is 1. The summed E-state index contributed by atoms with van der Waals surface area (Å²) in [6.07, 6.45) is 4.06. The van der Waals surface area contributed by atoms with Gasteiger partial charge in [-0.3, -0.25) is 9.69 Å². The minimum absolute atomic E-state index is 0.00828. The molecule has 2 fully saturated rings. The van der Waals surface area contributed by atoms with Gasteiger partial charge in [-0.15, -0.1) is 0 Å². The van der Waals surface area contributed by atoms with E-state index in [-0.39, 0.29) is 23.0 Å². The zero-order valence-electron chi connectivity index (χ0n) is 12.7. The number of nitrogens with zero attached hydrogens (tertiary/aromatic N) is 1. The Morgan fingerprint density at radius 1 is 1.39 bits per heavy atom. The Balaban J connectivity index is 1.77. The third-order valence-corrected chi connectivity index (χ3v) is 7.00.